The summed E-state index contributed by atoms with van der Waals surface area (Å²) in [6, 6.07) is 19.3. The lowest BCUT2D eigenvalue weighted by atomic mass is 9.81. The lowest BCUT2D eigenvalue weighted by molar-refractivity contribution is -0.140. The molecule has 28 heavy (non-hydrogen) atoms. The van der Waals surface area contributed by atoms with Gasteiger partial charge in [-0.3, -0.25) is 4.79 Å². The molecule has 0 N–H and O–H groups in total. The Hall–Kier alpha value is -2.88. The van der Waals surface area contributed by atoms with Gasteiger partial charge < -0.3 is 9.26 Å². The zero-order chi connectivity index (χ0) is 19.3. The van der Waals surface area contributed by atoms with Crippen LogP contribution in [0.1, 0.15) is 39.0 Å². The summed E-state index contributed by atoms with van der Waals surface area (Å²) in [6.07, 6.45) is 5.35. The van der Waals surface area contributed by atoms with Crippen molar-refractivity contribution in [1.29, 1.82) is 0 Å². The van der Waals surface area contributed by atoms with Gasteiger partial charge >= 0.3 is 5.97 Å². The van der Waals surface area contributed by atoms with Crippen LogP contribution in [0.2, 0.25) is 0 Å². The molecule has 0 spiro atoms. The minimum atomic E-state index is -0.102. The summed E-state index contributed by atoms with van der Waals surface area (Å²) in [5.74, 6) is 2.01. The van der Waals surface area contributed by atoms with Gasteiger partial charge in [-0.1, -0.05) is 48.8 Å². The van der Waals surface area contributed by atoms with Gasteiger partial charge in [-0.25, -0.2) is 0 Å². The van der Waals surface area contributed by atoms with Gasteiger partial charge in [0.2, 0.25) is 0 Å². The number of esters is 1. The van der Waals surface area contributed by atoms with Crippen LogP contribution in [-0.4, -0.2) is 11.1 Å². The number of carbonyl (C=O) groups is 1. The molecule has 4 nitrogen and oxygen atoms in total. The fourth-order valence-electron chi connectivity index (χ4n) is 3.85. The quantitative estimate of drug-likeness (QED) is 0.397. The summed E-state index contributed by atoms with van der Waals surface area (Å²) in [4.78, 5) is 12.4. The fraction of sp³-hybridized carbons (Fsp3) is 0.333. The van der Waals surface area contributed by atoms with Crippen LogP contribution in [0.25, 0.3) is 22.6 Å². The first-order chi connectivity index (χ1) is 13.7. The molecule has 1 aromatic heterocycles. The summed E-state index contributed by atoms with van der Waals surface area (Å²) in [7, 11) is 0. The van der Waals surface area contributed by atoms with E-state index in [0.29, 0.717) is 5.75 Å². The van der Waals surface area contributed by atoms with E-state index in [4.69, 9.17) is 9.26 Å². The third-order valence-corrected chi connectivity index (χ3v) is 5.69. The Morgan fingerprint density at radius 2 is 1.71 bits per heavy atom. The molecule has 144 valence electrons. The zero-order valence-corrected chi connectivity index (χ0v) is 16.1. The van der Waals surface area contributed by atoms with Crippen LogP contribution in [0, 0.1) is 11.8 Å². The second-order valence-electron chi connectivity index (χ2n) is 7.51. The molecule has 4 heteroatoms. The van der Waals surface area contributed by atoms with E-state index >= 15 is 0 Å². The maximum Gasteiger partial charge on any atom is 0.314 e. The van der Waals surface area contributed by atoms with Crippen LogP contribution in [0.4, 0.5) is 0 Å². The lowest BCUT2D eigenvalue weighted by Crippen LogP contribution is -2.25. The minimum Gasteiger partial charge on any atom is -0.426 e. The third kappa shape index (κ3) is 4.16. The minimum absolute atomic E-state index is 0.0337. The van der Waals surface area contributed by atoms with Gasteiger partial charge in [0.25, 0.3) is 0 Å². The Balaban J connectivity index is 1.39. The number of nitrogens with zero attached hydrogens (tertiary/aromatic N) is 1. The van der Waals surface area contributed by atoms with Gasteiger partial charge in [-0.2, -0.15) is 0 Å². The number of carbonyl (C=O) groups excluding carboxylic acids is 1. The van der Waals surface area contributed by atoms with E-state index in [9.17, 15) is 4.79 Å². The first-order valence-electron chi connectivity index (χ1n) is 10.1. The number of hydrogen-bond acceptors (Lipinski definition) is 4. The highest BCUT2D eigenvalue weighted by atomic mass is 16.5. The smallest absolute Gasteiger partial charge is 0.314 e. The highest BCUT2D eigenvalue weighted by Gasteiger charge is 2.27. The molecule has 0 radical (unpaired) electrons. The standard InChI is InChI=1S/C24H25NO3/c1-2-17-8-10-20(11-9-17)24(26)27-21-14-12-18(13-15-21)22-16-23(28-25-22)19-6-4-3-5-7-19/h3-7,12-17,20H,2,8-11H2,1H3. The Labute approximate surface area is 165 Å². The molecule has 1 saturated carbocycles. The normalized spacial score (nSPS) is 19.3. The van der Waals surface area contributed by atoms with Crippen molar-refractivity contribution in [2.45, 2.75) is 39.0 Å². The second kappa shape index (κ2) is 8.42. The van der Waals surface area contributed by atoms with Crippen molar-refractivity contribution in [2.24, 2.45) is 11.8 Å². The zero-order valence-electron chi connectivity index (χ0n) is 16.1. The number of benzene rings is 2. The molecule has 1 heterocycles. The van der Waals surface area contributed by atoms with Crippen molar-refractivity contribution >= 4 is 5.97 Å². The van der Waals surface area contributed by atoms with Crippen molar-refractivity contribution in [2.75, 3.05) is 0 Å². The van der Waals surface area contributed by atoms with Crippen LogP contribution in [-0.2, 0) is 4.79 Å². The number of rotatable bonds is 5. The maximum atomic E-state index is 12.4. The highest BCUT2D eigenvalue weighted by Crippen LogP contribution is 2.32. The van der Waals surface area contributed by atoms with Crippen molar-refractivity contribution in [3.05, 3.63) is 60.7 Å². The van der Waals surface area contributed by atoms with Crippen molar-refractivity contribution in [3.63, 3.8) is 0 Å². The first-order valence-corrected chi connectivity index (χ1v) is 10.1. The van der Waals surface area contributed by atoms with Crippen molar-refractivity contribution < 1.29 is 14.1 Å². The number of ether oxygens (including phenoxy) is 1. The average molecular weight is 375 g/mol. The van der Waals surface area contributed by atoms with Gasteiger partial charge in [0.15, 0.2) is 5.76 Å². The van der Waals surface area contributed by atoms with Crippen LogP contribution in [0.15, 0.2) is 65.2 Å². The topological polar surface area (TPSA) is 52.3 Å². The average Bonchev–Trinajstić information content (AvgIpc) is 3.25. The van der Waals surface area contributed by atoms with Crippen LogP contribution >= 0.6 is 0 Å². The first kappa shape index (κ1) is 18.5. The SMILES string of the molecule is CCC1CCC(C(=O)Oc2ccc(-c3cc(-c4ccccc4)on3)cc2)CC1. The highest BCUT2D eigenvalue weighted by molar-refractivity contribution is 5.75. The van der Waals surface area contributed by atoms with Crippen molar-refractivity contribution in [1.82, 2.24) is 5.16 Å². The van der Waals surface area contributed by atoms with Gasteiger partial charge in [0.05, 0.1) is 5.92 Å². The molecule has 0 aliphatic heterocycles. The summed E-state index contributed by atoms with van der Waals surface area (Å²) in [5.41, 5.74) is 2.67. The van der Waals surface area contributed by atoms with E-state index in [2.05, 4.69) is 12.1 Å². The third-order valence-electron chi connectivity index (χ3n) is 5.69. The van der Waals surface area contributed by atoms with E-state index in [1.807, 2.05) is 60.7 Å². The maximum absolute atomic E-state index is 12.4. The Kier molecular flexibility index (Phi) is 5.56. The molecule has 0 amide bonds. The molecule has 1 aliphatic rings. The summed E-state index contributed by atoms with van der Waals surface area (Å²) < 4.78 is 11.1. The molecule has 0 bridgehead atoms. The molecule has 0 atom stereocenters. The molecule has 1 fully saturated rings. The summed E-state index contributed by atoms with van der Waals surface area (Å²) in [5, 5.41) is 4.16. The van der Waals surface area contributed by atoms with Gasteiger partial charge in [0, 0.05) is 17.2 Å². The van der Waals surface area contributed by atoms with E-state index in [0.717, 1.165) is 54.2 Å². The largest absolute Gasteiger partial charge is 0.426 e. The predicted octanol–water partition coefficient (Wildman–Crippen LogP) is 6.13. The van der Waals surface area contributed by atoms with E-state index in [-0.39, 0.29) is 11.9 Å². The second-order valence-corrected chi connectivity index (χ2v) is 7.51. The molecular formula is C24H25NO3. The molecule has 0 unspecified atom stereocenters. The molecule has 2 aromatic carbocycles. The Bertz CT molecular complexity index is 907. The van der Waals surface area contributed by atoms with Crippen LogP contribution in [0.3, 0.4) is 0 Å². The van der Waals surface area contributed by atoms with Crippen molar-refractivity contribution in [3.8, 4) is 28.3 Å². The van der Waals surface area contributed by atoms with Crippen LogP contribution in [0.5, 0.6) is 5.75 Å². The fourth-order valence-corrected chi connectivity index (χ4v) is 3.85. The molecule has 4 rings (SSSR count). The van der Waals surface area contributed by atoms with E-state index in [1.54, 1.807) is 0 Å². The van der Waals surface area contributed by atoms with Gasteiger partial charge in [-0.05, 0) is 55.9 Å². The molecular weight excluding hydrogens is 350 g/mol. The number of aromatic nitrogens is 1. The monoisotopic (exact) mass is 375 g/mol. The lowest BCUT2D eigenvalue weighted by Gasteiger charge is -2.26. The summed E-state index contributed by atoms with van der Waals surface area (Å²) >= 11 is 0. The Morgan fingerprint density at radius 1 is 1.00 bits per heavy atom. The predicted molar refractivity (Wildman–Crippen MR) is 109 cm³/mol. The Morgan fingerprint density at radius 3 is 2.39 bits per heavy atom. The van der Waals surface area contributed by atoms with E-state index in [1.165, 1.54) is 6.42 Å². The van der Waals surface area contributed by atoms with Gasteiger partial charge in [-0.15, -0.1) is 0 Å². The molecule has 3 aromatic rings. The number of hydrogen-bond donors (Lipinski definition) is 0. The molecule has 0 saturated heterocycles. The summed E-state index contributed by atoms with van der Waals surface area (Å²) in [6.45, 7) is 2.22. The molecule has 1 aliphatic carbocycles. The van der Waals surface area contributed by atoms with Gasteiger partial charge in [0.1, 0.15) is 11.4 Å². The van der Waals surface area contributed by atoms with E-state index < -0.39 is 0 Å². The van der Waals surface area contributed by atoms with Crippen LogP contribution < -0.4 is 4.74 Å².